The number of benzene rings is 1. The quantitative estimate of drug-likeness (QED) is 0.487. The smallest absolute Gasteiger partial charge is 0.150 e. The van der Waals surface area contributed by atoms with Crippen LogP contribution in [0, 0.1) is 17.3 Å². The molecular formula is C13H14O. The predicted molar refractivity (Wildman–Crippen MR) is 58.2 cm³/mol. The Morgan fingerprint density at radius 3 is 2.14 bits per heavy atom. The number of hydrogen-bond donors (Lipinski definition) is 0. The average Bonchev–Trinajstić information content (AvgIpc) is 2.14. The molecule has 0 atom stereocenters. The first-order chi connectivity index (χ1) is 6.51. The summed E-state index contributed by atoms with van der Waals surface area (Å²) in [5.41, 5.74) is 1.65. The van der Waals surface area contributed by atoms with Gasteiger partial charge in [0.15, 0.2) is 0 Å². The highest BCUT2D eigenvalue weighted by Gasteiger charge is 2.03. The van der Waals surface area contributed by atoms with E-state index >= 15 is 0 Å². The van der Waals surface area contributed by atoms with Crippen LogP contribution in [0.5, 0.6) is 0 Å². The monoisotopic (exact) mass is 186 g/mol. The first kappa shape index (κ1) is 10.5. The zero-order valence-electron chi connectivity index (χ0n) is 8.79. The molecule has 1 aromatic carbocycles. The van der Waals surface area contributed by atoms with Crippen molar-refractivity contribution in [2.75, 3.05) is 0 Å². The van der Waals surface area contributed by atoms with Gasteiger partial charge in [0.1, 0.15) is 6.29 Å². The van der Waals surface area contributed by atoms with Crippen LogP contribution in [0.25, 0.3) is 0 Å². The van der Waals surface area contributed by atoms with Gasteiger partial charge in [-0.05, 0) is 32.9 Å². The van der Waals surface area contributed by atoms with Crippen molar-refractivity contribution >= 4 is 6.29 Å². The van der Waals surface area contributed by atoms with E-state index in [4.69, 9.17) is 0 Å². The van der Waals surface area contributed by atoms with Crippen LogP contribution in [0.1, 0.15) is 36.7 Å². The molecule has 0 aromatic heterocycles. The Labute approximate surface area is 85.1 Å². The molecule has 0 fully saturated rings. The van der Waals surface area contributed by atoms with Crippen molar-refractivity contribution in [3.63, 3.8) is 0 Å². The molecule has 0 heterocycles. The second-order valence-electron chi connectivity index (χ2n) is 4.24. The van der Waals surface area contributed by atoms with E-state index in [-0.39, 0.29) is 5.41 Å². The minimum absolute atomic E-state index is 0.0172. The Morgan fingerprint density at radius 2 is 1.71 bits per heavy atom. The number of rotatable bonds is 1. The minimum Gasteiger partial charge on any atom is -0.298 e. The van der Waals surface area contributed by atoms with E-state index < -0.39 is 0 Å². The second-order valence-corrected chi connectivity index (χ2v) is 4.24. The fourth-order valence-electron chi connectivity index (χ4n) is 0.905. The van der Waals surface area contributed by atoms with Crippen molar-refractivity contribution in [2.45, 2.75) is 20.8 Å². The highest BCUT2D eigenvalue weighted by molar-refractivity contribution is 5.74. The molecule has 14 heavy (non-hydrogen) atoms. The Bertz CT molecular complexity index is 368. The van der Waals surface area contributed by atoms with Crippen molar-refractivity contribution in [3.8, 4) is 11.8 Å². The van der Waals surface area contributed by atoms with Gasteiger partial charge >= 0.3 is 0 Å². The fourth-order valence-corrected chi connectivity index (χ4v) is 0.905. The highest BCUT2D eigenvalue weighted by atomic mass is 16.1. The van der Waals surface area contributed by atoms with Crippen molar-refractivity contribution in [3.05, 3.63) is 35.4 Å². The van der Waals surface area contributed by atoms with Crippen molar-refractivity contribution in [2.24, 2.45) is 5.41 Å². The first-order valence-corrected chi connectivity index (χ1v) is 4.60. The van der Waals surface area contributed by atoms with Crippen LogP contribution in [-0.4, -0.2) is 6.29 Å². The molecule has 0 N–H and O–H groups in total. The molecule has 1 rings (SSSR count). The number of hydrogen-bond acceptors (Lipinski definition) is 1. The van der Waals surface area contributed by atoms with Gasteiger partial charge in [-0.15, -0.1) is 0 Å². The van der Waals surface area contributed by atoms with Crippen LogP contribution in [0.3, 0.4) is 0 Å². The van der Waals surface area contributed by atoms with Crippen LogP contribution in [0.2, 0.25) is 0 Å². The minimum atomic E-state index is 0.0172. The number of carbonyl (C=O) groups is 1. The van der Waals surface area contributed by atoms with Crippen LogP contribution in [0.4, 0.5) is 0 Å². The summed E-state index contributed by atoms with van der Waals surface area (Å²) in [6.07, 6.45) is 0.834. The third-order valence-corrected chi connectivity index (χ3v) is 1.63. The van der Waals surface area contributed by atoms with Crippen LogP contribution < -0.4 is 0 Å². The number of aldehydes is 1. The van der Waals surface area contributed by atoms with E-state index in [2.05, 4.69) is 32.6 Å². The van der Waals surface area contributed by atoms with Crippen molar-refractivity contribution in [1.29, 1.82) is 0 Å². The maximum Gasteiger partial charge on any atom is 0.150 e. The lowest BCUT2D eigenvalue weighted by molar-refractivity contribution is 0.112. The Balaban J connectivity index is 2.87. The van der Waals surface area contributed by atoms with Gasteiger partial charge in [-0.1, -0.05) is 24.0 Å². The first-order valence-electron chi connectivity index (χ1n) is 4.60. The van der Waals surface area contributed by atoms with Crippen LogP contribution in [0.15, 0.2) is 24.3 Å². The van der Waals surface area contributed by atoms with Crippen molar-refractivity contribution in [1.82, 2.24) is 0 Å². The number of carbonyl (C=O) groups excluding carboxylic acids is 1. The molecule has 0 aliphatic carbocycles. The van der Waals surface area contributed by atoms with Gasteiger partial charge in [0.25, 0.3) is 0 Å². The Kier molecular flexibility index (Phi) is 3.09. The van der Waals surface area contributed by atoms with Gasteiger partial charge < -0.3 is 0 Å². The molecule has 72 valence electrons. The third kappa shape index (κ3) is 3.45. The summed E-state index contributed by atoms with van der Waals surface area (Å²) in [4.78, 5) is 10.4. The SMILES string of the molecule is CC(C)(C)C#Cc1ccc(C=O)cc1. The summed E-state index contributed by atoms with van der Waals surface area (Å²) in [6, 6.07) is 7.28. The molecule has 0 aliphatic rings. The Hall–Kier alpha value is -1.55. The third-order valence-electron chi connectivity index (χ3n) is 1.63. The lowest BCUT2D eigenvalue weighted by Crippen LogP contribution is -1.99. The van der Waals surface area contributed by atoms with Crippen LogP contribution in [-0.2, 0) is 0 Å². The van der Waals surface area contributed by atoms with Gasteiger partial charge in [0, 0.05) is 16.5 Å². The fraction of sp³-hybridized carbons (Fsp3) is 0.308. The molecule has 0 saturated carbocycles. The Morgan fingerprint density at radius 1 is 1.14 bits per heavy atom. The summed E-state index contributed by atoms with van der Waals surface area (Å²) in [5.74, 6) is 6.21. The van der Waals surface area contributed by atoms with Gasteiger partial charge in [-0.3, -0.25) is 4.79 Å². The molecule has 0 amide bonds. The van der Waals surface area contributed by atoms with E-state index in [0.717, 1.165) is 11.8 Å². The summed E-state index contributed by atoms with van der Waals surface area (Å²) >= 11 is 0. The molecule has 1 heteroatoms. The molecule has 0 unspecified atom stereocenters. The standard InChI is InChI=1S/C13H14O/c1-13(2,3)9-8-11-4-6-12(10-14)7-5-11/h4-7,10H,1-3H3. The normalized spacial score (nSPS) is 10.2. The molecule has 0 saturated heterocycles. The van der Waals surface area contributed by atoms with Crippen molar-refractivity contribution < 1.29 is 4.79 Å². The van der Waals surface area contributed by atoms with E-state index in [0.29, 0.717) is 5.56 Å². The van der Waals surface area contributed by atoms with Crippen LogP contribution >= 0.6 is 0 Å². The van der Waals surface area contributed by atoms with Gasteiger partial charge in [0.2, 0.25) is 0 Å². The van der Waals surface area contributed by atoms with Gasteiger partial charge in [-0.25, -0.2) is 0 Å². The predicted octanol–water partition coefficient (Wildman–Crippen LogP) is 2.90. The largest absolute Gasteiger partial charge is 0.298 e. The molecule has 0 spiro atoms. The molecular weight excluding hydrogens is 172 g/mol. The van der Waals surface area contributed by atoms with E-state index in [1.807, 2.05) is 12.1 Å². The molecule has 1 aromatic rings. The molecule has 0 radical (unpaired) electrons. The zero-order valence-corrected chi connectivity index (χ0v) is 8.79. The lowest BCUT2D eigenvalue weighted by atomic mass is 9.97. The maximum absolute atomic E-state index is 10.4. The van der Waals surface area contributed by atoms with Gasteiger partial charge in [-0.2, -0.15) is 0 Å². The molecule has 1 nitrogen and oxygen atoms in total. The summed E-state index contributed by atoms with van der Waals surface area (Å²) < 4.78 is 0. The molecule has 0 aliphatic heterocycles. The average molecular weight is 186 g/mol. The lowest BCUT2D eigenvalue weighted by Gasteiger charge is -2.06. The highest BCUT2D eigenvalue weighted by Crippen LogP contribution is 2.10. The maximum atomic E-state index is 10.4. The van der Waals surface area contributed by atoms with Gasteiger partial charge in [0.05, 0.1) is 0 Å². The summed E-state index contributed by atoms with van der Waals surface area (Å²) in [5, 5.41) is 0. The summed E-state index contributed by atoms with van der Waals surface area (Å²) in [6.45, 7) is 6.21. The summed E-state index contributed by atoms with van der Waals surface area (Å²) in [7, 11) is 0. The second kappa shape index (κ2) is 4.11. The van der Waals surface area contributed by atoms with E-state index in [9.17, 15) is 4.79 Å². The van der Waals surface area contributed by atoms with E-state index in [1.54, 1.807) is 12.1 Å². The molecule has 0 bridgehead atoms. The van der Waals surface area contributed by atoms with E-state index in [1.165, 1.54) is 0 Å². The topological polar surface area (TPSA) is 17.1 Å². The zero-order chi connectivity index (χ0) is 10.6.